The third kappa shape index (κ3) is 16.3. The molecule has 1 aliphatic heterocycles. The number of benzene rings is 2. The number of nitrogen functional groups attached to an aromatic ring is 1. The fourth-order valence-corrected chi connectivity index (χ4v) is 6.97. The van der Waals surface area contributed by atoms with Gasteiger partial charge in [0.1, 0.15) is 16.9 Å². The molecular formula is C38H56BrClFN7O10S. The summed E-state index contributed by atoms with van der Waals surface area (Å²) in [5.74, 6) is 0.270. The van der Waals surface area contributed by atoms with Crippen LogP contribution in [0.4, 0.5) is 26.6 Å². The van der Waals surface area contributed by atoms with Crippen LogP contribution in [0, 0.1) is 5.82 Å². The SMILES string of the molecule is CN(CCOCCOCCOCCOCCOCCOCCNS(=O)(=O)c1ccc(N)cc1)c1nc(N2CCN(C(=O)OC(C)(C)C)CC2)c2cc(Cl)c(Br)c(F)c2n1. The summed E-state index contributed by atoms with van der Waals surface area (Å²) in [6.45, 7) is 12.3. The summed E-state index contributed by atoms with van der Waals surface area (Å²) in [6, 6.07) is 7.61. The third-order valence-corrected chi connectivity index (χ3v) is 11.3. The maximum Gasteiger partial charge on any atom is 0.410 e. The van der Waals surface area contributed by atoms with Gasteiger partial charge in [0.05, 0.1) is 93.7 Å². The summed E-state index contributed by atoms with van der Waals surface area (Å²) in [4.78, 5) is 27.6. The number of aromatic nitrogens is 2. The van der Waals surface area contributed by atoms with Crippen molar-refractivity contribution < 1.29 is 50.8 Å². The van der Waals surface area contributed by atoms with Gasteiger partial charge in [-0.1, -0.05) is 11.6 Å². The maximum atomic E-state index is 15.5. The Bertz CT molecular complexity index is 1870. The van der Waals surface area contributed by atoms with Gasteiger partial charge in [-0.05, 0) is 67.0 Å². The predicted molar refractivity (Wildman–Crippen MR) is 226 cm³/mol. The molecule has 0 saturated carbocycles. The quantitative estimate of drug-likeness (QED) is 0.0693. The molecule has 1 aromatic heterocycles. The van der Waals surface area contributed by atoms with Gasteiger partial charge < -0.3 is 53.6 Å². The molecule has 3 N–H and O–H groups in total. The molecule has 0 spiro atoms. The monoisotopic (exact) mass is 935 g/mol. The number of hydrogen-bond donors (Lipinski definition) is 2. The molecule has 21 heteroatoms. The van der Waals surface area contributed by atoms with Crippen molar-refractivity contribution in [2.24, 2.45) is 0 Å². The molecule has 4 rings (SSSR count). The minimum atomic E-state index is -3.61. The van der Waals surface area contributed by atoms with Gasteiger partial charge in [-0.3, -0.25) is 0 Å². The average Bonchev–Trinajstić information content (AvgIpc) is 3.19. The zero-order chi connectivity index (χ0) is 42.8. The van der Waals surface area contributed by atoms with Crippen LogP contribution in [0.15, 0.2) is 39.7 Å². The van der Waals surface area contributed by atoms with Crippen LogP contribution in [0.5, 0.6) is 0 Å². The topological polar surface area (TPSA) is 189 Å². The summed E-state index contributed by atoms with van der Waals surface area (Å²) >= 11 is 9.58. The number of sulfonamides is 1. The molecule has 0 unspecified atom stereocenters. The van der Waals surface area contributed by atoms with Crippen molar-refractivity contribution >= 4 is 72.0 Å². The van der Waals surface area contributed by atoms with Crippen molar-refractivity contribution in [3.8, 4) is 0 Å². The Morgan fingerprint density at radius 3 is 1.90 bits per heavy atom. The van der Waals surface area contributed by atoms with Gasteiger partial charge in [0.25, 0.3) is 0 Å². The van der Waals surface area contributed by atoms with Crippen molar-refractivity contribution in [2.75, 3.05) is 141 Å². The Hall–Kier alpha value is -3.18. The summed E-state index contributed by atoms with van der Waals surface area (Å²) in [5.41, 5.74) is 5.62. The molecule has 1 fully saturated rings. The predicted octanol–water partition coefficient (Wildman–Crippen LogP) is 4.34. The van der Waals surface area contributed by atoms with Crippen LogP contribution in [0.1, 0.15) is 20.8 Å². The lowest BCUT2D eigenvalue weighted by molar-refractivity contribution is -0.0161. The number of halogens is 3. The average molecular weight is 937 g/mol. The Balaban J connectivity index is 1.02. The summed E-state index contributed by atoms with van der Waals surface area (Å²) < 4.78 is 81.3. The molecule has 0 radical (unpaired) electrons. The van der Waals surface area contributed by atoms with Gasteiger partial charge in [0.15, 0.2) is 5.82 Å². The summed E-state index contributed by atoms with van der Waals surface area (Å²) in [5, 5.41) is 0.684. The minimum absolute atomic E-state index is 0.125. The highest BCUT2D eigenvalue weighted by Crippen LogP contribution is 2.36. The molecular weight excluding hydrogens is 881 g/mol. The number of nitrogens with zero attached hydrogens (tertiary/aromatic N) is 5. The highest BCUT2D eigenvalue weighted by molar-refractivity contribution is 9.10. The van der Waals surface area contributed by atoms with E-state index >= 15 is 4.39 Å². The van der Waals surface area contributed by atoms with Crippen LogP contribution in [-0.4, -0.2) is 161 Å². The van der Waals surface area contributed by atoms with Crippen molar-refractivity contribution in [1.29, 1.82) is 0 Å². The standard InChI is InChI=1S/C38H56BrClFN7O10S/c1-38(2,3)58-37(49)48-12-10-47(11-13-48)35-30-27-31(40)32(39)33(41)34(30)44-36(45-35)46(4)14-16-53-18-20-55-22-24-57-26-25-56-23-21-54-19-17-52-15-9-43-59(50,51)29-7-5-28(42)6-8-29/h5-8,27,43H,9-26,42H2,1-4H3. The number of nitrogens with one attached hydrogen (secondary N) is 1. The number of nitrogens with two attached hydrogens (primary N) is 1. The number of anilines is 3. The Morgan fingerprint density at radius 2 is 1.37 bits per heavy atom. The number of hydrogen-bond acceptors (Lipinski definition) is 15. The second-order valence-corrected chi connectivity index (χ2v) is 17.2. The van der Waals surface area contributed by atoms with E-state index in [0.717, 1.165) is 0 Å². The maximum absolute atomic E-state index is 15.5. The lowest BCUT2D eigenvalue weighted by Gasteiger charge is -2.36. The van der Waals surface area contributed by atoms with E-state index < -0.39 is 21.4 Å². The van der Waals surface area contributed by atoms with Crippen molar-refractivity contribution in [3.05, 3.63) is 45.6 Å². The molecule has 330 valence electrons. The number of amides is 1. The number of fused-ring (bicyclic) bond motifs is 1. The molecule has 2 heterocycles. The number of likely N-dealkylation sites (N-methyl/N-ethyl adjacent to an activating group) is 1. The molecule has 3 aromatic rings. The van der Waals surface area contributed by atoms with Gasteiger partial charge in [0.2, 0.25) is 16.0 Å². The smallest absolute Gasteiger partial charge is 0.410 e. The number of piperazine rings is 1. The highest BCUT2D eigenvalue weighted by atomic mass is 79.9. The van der Waals surface area contributed by atoms with E-state index in [1.54, 1.807) is 15.9 Å². The zero-order valence-corrected chi connectivity index (χ0v) is 37.2. The molecule has 59 heavy (non-hydrogen) atoms. The Kier molecular flexibility index (Phi) is 20.0. The first-order valence-corrected chi connectivity index (χ1v) is 21.9. The van der Waals surface area contributed by atoms with E-state index in [-0.39, 0.29) is 39.2 Å². The van der Waals surface area contributed by atoms with E-state index in [2.05, 4.69) is 25.6 Å². The van der Waals surface area contributed by atoms with E-state index in [1.165, 1.54) is 24.3 Å². The Morgan fingerprint density at radius 1 is 0.864 bits per heavy atom. The van der Waals surface area contributed by atoms with Gasteiger partial charge in [-0.2, -0.15) is 4.98 Å². The van der Waals surface area contributed by atoms with Gasteiger partial charge in [0, 0.05) is 57.4 Å². The van der Waals surface area contributed by atoms with Crippen molar-refractivity contribution in [1.82, 2.24) is 19.6 Å². The van der Waals surface area contributed by atoms with Crippen LogP contribution in [0.3, 0.4) is 0 Å². The number of carbonyl (C=O) groups is 1. The van der Waals surface area contributed by atoms with E-state index in [4.69, 9.17) is 55.5 Å². The second-order valence-electron chi connectivity index (χ2n) is 14.2. The number of rotatable bonds is 25. The van der Waals surface area contributed by atoms with Gasteiger partial charge in [-0.15, -0.1) is 0 Å². The number of carbonyl (C=O) groups excluding carboxylic acids is 1. The normalized spacial score (nSPS) is 13.7. The van der Waals surface area contributed by atoms with Crippen LogP contribution in [0.25, 0.3) is 10.9 Å². The van der Waals surface area contributed by atoms with Gasteiger partial charge in [-0.25, -0.2) is 27.3 Å². The molecule has 0 bridgehead atoms. The minimum Gasteiger partial charge on any atom is -0.444 e. The fraction of sp³-hybridized carbons (Fsp3) is 0.605. The van der Waals surface area contributed by atoms with Crippen molar-refractivity contribution in [3.63, 3.8) is 0 Å². The lowest BCUT2D eigenvalue weighted by atomic mass is 10.2. The van der Waals surface area contributed by atoms with Crippen LogP contribution in [0.2, 0.25) is 5.02 Å². The summed E-state index contributed by atoms with van der Waals surface area (Å²) in [6.07, 6.45) is -0.374. The first-order chi connectivity index (χ1) is 28.2. The largest absolute Gasteiger partial charge is 0.444 e. The van der Waals surface area contributed by atoms with E-state index in [0.29, 0.717) is 128 Å². The van der Waals surface area contributed by atoms with Gasteiger partial charge >= 0.3 is 6.09 Å². The van der Waals surface area contributed by atoms with E-state index in [1.807, 2.05) is 32.7 Å². The highest BCUT2D eigenvalue weighted by Gasteiger charge is 2.29. The fourth-order valence-electron chi connectivity index (χ4n) is 5.47. The molecule has 1 aliphatic rings. The Labute approximate surface area is 359 Å². The van der Waals surface area contributed by atoms with Crippen LogP contribution >= 0.6 is 27.5 Å². The molecule has 1 amide bonds. The molecule has 0 atom stereocenters. The molecule has 1 saturated heterocycles. The van der Waals surface area contributed by atoms with Crippen molar-refractivity contribution in [2.45, 2.75) is 31.3 Å². The first-order valence-electron chi connectivity index (χ1n) is 19.3. The zero-order valence-electron chi connectivity index (χ0n) is 34.1. The number of ether oxygens (including phenoxy) is 7. The third-order valence-electron chi connectivity index (χ3n) is 8.53. The first kappa shape index (κ1) is 48.5. The summed E-state index contributed by atoms with van der Waals surface area (Å²) in [7, 11) is -1.80. The molecule has 17 nitrogen and oxygen atoms in total. The van der Waals surface area contributed by atoms with E-state index in [9.17, 15) is 13.2 Å². The van der Waals surface area contributed by atoms with Crippen LogP contribution < -0.4 is 20.3 Å². The lowest BCUT2D eigenvalue weighted by Crippen LogP contribution is -2.50. The molecule has 0 aliphatic carbocycles. The second kappa shape index (κ2) is 24.3. The van der Waals surface area contributed by atoms with Crippen LogP contribution in [-0.2, 0) is 43.2 Å². The molecule has 2 aromatic carbocycles.